The summed E-state index contributed by atoms with van der Waals surface area (Å²) < 4.78 is 0. The predicted octanol–water partition coefficient (Wildman–Crippen LogP) is 2.71. The number of carbonyl (C=O) groups is 2. The van der Waals surface area contributed by atoms with Crippen LogP contribution < -0.4 is 5.32 Å². The standard InChI is InChI=1S/C15H28N2O3/c1-4-15(3)7-10-17(11-8-15)14(20)16-9-5-6-12(2)13(18)19/h12H,4-11H2,1-3H3,(H,16,20)(H,18,19). The number of nitrogens with zero attached hydrogens (tertiary/aromatic N) is 1. The Labute approximate surface area is 121 Å². The number of urea groups is 1. The quantitative estimate of drug-likeness (QED) is 0.737. The third-order valence-electron chi connectivity index (χ3n) is 4.62. The van der Waals surface area contributed by atoms with E-state index in [1.165, 1.54) is 0 Å². The summed E-state index contributed by atoms with van der Waals surface area (Å²) >= 11 is 0. The Morgan fingerprint density at radius 1 is 1.35 bits per heavy atom. The van der Waals surface area contributed by atoms with Crippen LogP contribution in [0.15, 0.2) is 0 Å². The number of amides is 2. The second-order valence-electron chi connectivity index (χ2n) is 6.26. The van der Waals surface area contributed by atoms with Gasteiger partial charge in [-0.25, -0.2) is 4.79 Å². The molecule has 1 rings (SSSR count). The Hall–Kier alpha value is -1.26. The van der Waals surface area contributed by atoms with Crippen molar-refractivity contribution in [3.05, 3.63) is 0 Å². The van der Waals surface area contributed by atoms with Crippen LogP contribution >= 0.6 is 0 Å². The summed E-state index contributed by atoms with van der Waals surface area (Å²) in [4.78, 5) is 24.5. The third kappa shape index (κ3) is 5.02. The van der Waals surface area contributed by atoms with E-state index in [9.17, 15) is 9.59 Å². The highest BCUT2D eigenvalue weighted by molar-refractivity contribution is 5.74. The lowest BCUT2D eigenvalue weighted by molar-refractivity contribution is -0.141. The molecule has 20 heavy (non-hydrogen) atoms. The molecular weight excluding hydrogens is 256 g/mol. The van der Waals surface area contributed by atoms with Crippen molar-refractivity contribution in [1.29, 1.82) is 0 Å². The van der Waals surface area contributed by atoms with Crippen LogP contribution in [-0.2, 0) is 4.79 Å². The number of hydrogen-bond acceptors (Lipinski definition) is 2. The minimum absolute atomic E-state index is 0.00821. The summed E-state index contributed by atoms with van der Waals surface area (Å²) in [5.74, 6) is -1.11. The summed E-state index contributed by atoms with van der Waals surface area (Å²) in [7, 11) is 0. The topological polar surface area (TPSA) is 69.6 Å². The molecule has 0 aromatic rings. The monoisotopic (exact) mass is 284 g/mol. The third-order valence-corrected chi connectivity index (χ3v) is 4.62. The molecule has 0 saturated carbocycles. The maximum Gasteiger partial charge on any atom is 0.317 e. The van der Waals surface area contributed by atoms with Gasteiger partial charge < -0.3 is 15.3 Å². The number of hydrogen-bond donors (Lipinski definition) is 2. The number of nitrogens with one attached hydrogen (secondary N) is 1. The molecule has 0 aromatic heterocycles. The molecular formula is C15H28N2O3. The minimum atomic E-state index is -0.772. The van der Waals surface area contributed by atoms with Gasteiger partial charge in [0.1, 0.15) is 0 Å². The Morgan fingerprint density at radius 3 is 2.45 bits per heavy atom. The van der Waals surface area contributed by atoms with Crippen molar-refractivity contribution in [1.82, 2.24) is 10.2 Å². The van der Waals surface area contributed by atoms with Crippen molar-refractivity contribution in [3.8, 4) is 0 Å². The molecule has 1 saturated heterocycles. The first-order valence-corrected chi connectivity index (χ1v) is 7.63. The molecule has 1 atom stereocenters. The lowest BCUT2D eigenvalue weighted by Gasteiger charge is -2.38. The minimum Gasteiger partial charge on any atom is -0.481 e. The van der Waals surface area contributed by atoms with E-state index in [1.54, 1.807) is 6.92 Å². The number of carbonyl (C=O) groups excluding carboxylic acids is 1. The van der Waals surface area contributed by atoms with Crippen molar-refractivity contribution in [2.24, 2.45) is 11.3 Å². The van der Waals surface area contributed by atoms with Crippen molar-refractivity contribution < 1.29 is 14.7 Å². The molecule has 0 spiro atoms. The first-order valence-electron chi connectivity index (χ1n) is 7.63. The van der Waals surface area contributed by atoms with Gasteiger partial charge in [-0.3, -0.25) is 4.79 Å². The van der Waals surface area contributed by atoms with Gasteiger partial charge in [0.25, 0.3) is 0 Å². The fourth-order valence-corrected chi connectivity index (χ4v) is 2.44. The molecule has 1 aliphatic rings. The number of piperidine rings is 1. The summed E-state index contributed by atoms with van der Waals surface area (Å²) in [6.07, 6.45) is 4.60. The average molecular weight is 284 g/mol. The summed E-state index contributed by atoms with van der Waals surface area (Å²) in [5.41, 5.74) is 0.383. The number of likely N-dealkylation sites (tertiary alicyclic amines) is 1. The highest BCUT2D eigenvalue weighted by Gasteiger charge is 2.30. The first-order chi connectivity index (χ1) is 9.38. The Kier molecular flexibility index (Phi) is 6.30. The van der Waals surface area contributed by atoms with Gasteiger partial charge in [0.2, 0.25) is 0 Å². The highest BCUT2D eigenvalue weighted by atomic mass is 16.4. The molecule has 2 N–H and O–H groups in total. The Bertz CT molecular complexity index is 336. The molecule has 0 radical (unpaired) electrons. The van der Waals surface area contributed by atoms with Crippen LogP contribution in [0.4, 0.5) is 4.79 Å². The molecule has 0 aliphatic carbocycles. The lowest BCUT2D eigenvalue weighted by Crippen LogP contribution is -2.46. The van der Waals surface area contributed by atoms with E-state index in [2.05, 4.69) is 19.2 Å². The van der Waals surface area contributed by atoms with Crippen LogP contribution in [-0.4, -0.2) is 41.6 Å². The maximum absolute atomic E-state index is 12.0. The summed E-state index contributed by atoms with van der Waals surface area (Å²) in [5, 5.41) is 11.7. The Morgan fingerprint density at radius 2 is 1.95 bits per heavy atom. The van der Waals surface area contributed by atoms with Gasteiger partial charge in [-0.15, -0.1) is 0 Å². The van der Waals surface area contributed by atoms with Gasteiger partial charge in [-0.05, 0) is 31.1 Å². The largest absolute Gasteiger partial charge is 0.481 e. The smallest absolute Gasteiger partial charge is 0.317 e. The van der Waals surface area contributed by atoms with Gasteiger partial charge in [-0.1, -0.05) is 27.2 Å². The zero-order chi connectivity index (χ0) is 15.2. The van der Waals surface area contributed by atoms with Crippen molar-refractivity contribution in [2.75, 3.05) is 19.6 Å². The van der Waals surface area contributed by atoms with Crippen LogP contribution in [0.3, 0.4) is 0 Å². The average Bonchev–Trinajstić information content (AvgIpc) is 2.43. The van der Waals surface area contributed by atoms with E-state index in [0.29, 0.717) is 24.8 Å². The van der Waals surface area contributed by atoms with E-state index < -0.39 is 5.97 Å². The maximum atomic E-state index is 12.0. The number of aliphatic carboxylic acids is 1. The van der Waals surface area contributed by atoms with Gasteiger partial charge >= 0.3 is 12.0 Å². The SMILES string of the molecule is CCC1(C)CCN(C(=O)NCCCC(C)C(=O)O)CC1. The highest BCUT2D eigenvalue weighted by Crippen LogP contribution is 2.33. The zero-order valence-electron chi connectivity index (χ0n) is 12.9. The van der Waals surface area contributed by atoms with Crippen LogP contribution in [0.5, 0.6) is 0 Å². The fourth-order valence-electron chi connectivity index (χ4n) is 2.44. The fraction of sp³-hybridized carbons (Fsp3) is 0.867. The van der Waals surface area contributed by atoms with E-state index in [4.69, 9.17) is 5.11 Å². The summed E-state index contributed by atoms with van der Waals surface area (Å²) in [6, 6.07) is -0.00821. The van der Waals surface area contributed by atoms with Crippen LogP contribution in [0.1, 0.15) is 52.9 Å². The van der Waals surface area contributed by atoms with E-state index in [1.807, 2.05) is 4.90 Å². The van der Waals surface area contributed by atoms with Crippen molar-refractivity contribution in [2.45, 2.75) is 52.9 Å². The van der Waals surface area contributed by atoms with Crippen molar-refractivity contribution in [3.63, 3.8) is 0 Å². The molecule has 2 amide bonds. The number of rotatable bonds is 6. The summed E-state index contributed by atoms with van der Waals surface area (Å²) in [6.45, 7) is 8.39. The van der Waals surface area contributed by atoms with Gasteiger partial charge in [0.05, 0.1) is 5.92 Å². The molecule has 1 heterocycles. The number of carboxylic acids is 1. The van der Waals surface area contributed by atoms with Crippen LogP contribution in [0.2, 0.25) is 0 Å². The Balaban J connectivity index is 2.20. The molecule has 0 bridgehead atoms. The van der Waals surface area contributed by atoms with Crippen LogP contribution in [0.25, 0.3) is 0 Å². The molecule has 1 unspecified atom stereocenters. The molecule has 1 aliphatic heterocycles. The van der Waals surface area contributed by atoms with E-state index in [0.717, 1.165) is 32.4 Å². The second-order valence-corrected chi connectivity index (χ2v) is 6.26. The van der Waals surface area contributed by atoms with Gasteiger partial charge in [0, 0.05) is 19.6 Å². The van der Waals surface area contributed by atoms with Gasteiger partial charge in [-0.2, -0.15) is 0 Å². The first kappa shape index (κ1) is 16.8. The van der Waals surface area contributed by atoms with E-state index in [-0.39, 0.29) is 11.9 Å². The van der Waals surface area contributed by atoms with Crippen molar-refractivity contribution >= 4 is 12.0 Å². The molecule has 116 valence electrons. The van der Waals surface area contributed by atoms with E-state index >= 15 is 0 Å². The zero-order valence-corrected chi connectivity index (χ0v) is 12.9. The number of carboxylic acid groups (broad SMARTS) is 1. The molecule has 1 fully saturated rings. The molecule has 5 heteroatoms. The normalized spacial score (nSPS) is 19.4. The predicted molar refractivity (Wildman–Crippen MR) is 78.6 cm³/mol. The second kappa shape index (κ2) is 7.50. The van der Waals surface area contributed by atoms with Crippen LogP contribution in [0, 0.1) is 11.3 Å². The molecule has 0 aromatic carbocycles. The lowest BCUT2D eigenvalue weighted by atomic mass is 9.78. The van der Waals surface area contributed by atoms with Gasteiger partial charge in [0.15, 0.2) is 0 Å². The molecule has 5 nitrogen and oxygen atoms in total.